The Hall–Kier alpha value is -2.22. The highest BCUT2D eigenvalue weighted by atomic mass is 35.5. The molecule has 0 saturated carbocycles. The van der Waals surface area contributed by atoms with Gasteiger partial charge in [0.05, 0.1) is 11.7 Å². The molecule has 0 N–H and O–H groups in total. The van der Waals surface area contributed by atoms with Crippen LogP contribution < -0.4 is 4.90 Å². The Bertz CT molecular complexity index is 976. The number of likely N-dealkylation sites (N-methyl/N-ethyl adjacent to an activating group) is 1. The molecule has 184 valence electrons. The summed E-state index contributed by atoms with van der Waals surface area (Å²) in [6.45, 7) is 9.19. The van der Waals surface area contributed by atoms with E-state index in [1.54, 1.807) is 0 Å². The fourth-order valence-corrected chi connectivity index (χ4v) is 5.16. The lowest BCUT2D eigenvalue weighted by Gasteiger charge is -2.38. The van der Waals surface area contributed by atoms with Crippen molar-refractivity contribution in [2.24, 2.45) is 0 Å². The maximum Gasteiger partial charge on any atom is 0.225 e. The fraction of sp³-hybridized carbons (Fsp3) is 0.577. The summed E-state index contributed by atoms with van der Waals surface area (Å²) in [4.78, 5) is 31.9. The summed E-state index contributed by atoms with van der Waals surface area (Å²) in [6.07, 6.45) is 5.48. The van der Waals surface area contributed by atoms with Crippen molar-refractivity contribution in [3.63, 3.8) is 0 Å². The Morgan fingerprint density at radius 3 is 2.59 bits per heavy atom. The number of benzene rings is 1. The minimum atomic E-state index is -0.0473. The van der Waals surface area contributed by atoms with Crippen molar-refractivity contribution < 1.29 is 4.79 Å². The van der Waals surface area contributed by atoms with Crippen molar-refractivity contribution in [3.8, 4) is 11.1 Å². The van der Waals surface area contributed by atoms with Crippen LogP contribution >= 0.6 is 11.6 Å². The maximum absolute atomic E-state index is 13.5. The summed E-state index contributed by atoms with van der Waals surface area (Å²) in [6, 6.07) is 7.76. The number of piperazine rings is 1. The fourth-order valence-electron chi connectivity index (χ4n) is 4.97. The largest absolute Gasteiger partial charge is 0.347 e. The summed E-state index contributed by atoms with van der Waals surface area (Å²) in [5, 5.41) is 0.680. The van der Waals surface area contributed by atoms with E-state index in [1.807, 2.05) is 49.5 Å². The third kappa shape index (κ3) is 5.88. The number of nitrogens with zero attached hydrogens (tertiary/aromatic N) is 6. The van der Waals surface area contributed by atoms with Gasteiger partial charge in [-0.25, -0.2) is 9.97 Å². The van der Waals surface area contributed by atoms with Crippen LogP contribution in [0, 0.1) is 0 Å². The third-order valence-electron chi connectivity index (χ3n) is 7.03. The lowest BCUT2D eigenvalue weighted by molar-refractivity contribution is -0.135. The van der Waals surface area contributed by atoms with E-state index >= 15 is 0 Å². The predicted molar refractivity (Wildman–Crippen MR) is 138 cm³/mol. The Labute approximate surface area is 208 Å². The lowest BCUT2D eigenvalue weighted by atomic mass is 9.93. The number of likely N-dealkylation sites (tertiary alicyclic amines) is 1. The van der Waals surface area contributed by atoms with E-state index < -0.39 is 0 Å². The summed E-state index contributed by atoms with van der Waals surface area (Å²) in [7, 11) is 3.89. The average Bonchev–Trinajstić information content (AvgIpc) is 2.87. The summed E-state index contributed by atoms with van der Waals surface area (Å²) in [5.74, 6) is 0.886. The van der Waals surface area contributed by atoms with Crippen LogP contribution in [0.25, 0.3) is 11.1 Å². The van der Waals surface area contributed by atoms with Crippen molar-refractivity contribution in [1.29, 1.82) is 0 Å². The quantitative estimate of drug-likeness (QED) is 0.593. The summed E-state index contributed by atoms with van der Waals surface area (Å²) in [5.41, 5.74) is 2.86. The molecule has 2 aliphatic heterocycles. The van der Waals surface area contributed by atoms with Crippen LogP contribution in [0.5, 0.6) is 0 Å². The van der Waals surface area contributed by atoms with Crippen LogP contribution in [0.4, 0.5) is 5.95 Å². The molecule has 2 aromatic rings. The molecule has 2 saturated heterocycles. The number of halogens is 1. The Balaban J connectivity index is 1.56. The van der Waals surface area contributed by atoms with Crippen LogP contribution in [-0.4, -0.2) is 90.5 Å². The van der Waals surface area contributed by atoms with Crippen LogP contribution in [-0.2, 0) is 4.79 Å². The molecule has 1 amide bonds. The van der Waals surface area contributed by atoms with Crippen molar-refractivity contribution >= 4 is 23.5 Å². The van der Waals surface area contributed by atoms with E-state index in [0.717, 1.165) is 81.9 Å². The molecule has 0 bridgehead atoms. The predicted octanol–water partition coefficient (Wildman–Crippen LogP) is 3.94. The zero-order chi connectivity index (χ0) is 24.1. The normalized spacial score (nSPS) is 19.9. The second-order valence-corrected chi connectivity index (χ2v) is 9.93. The summed E-state index contributed by atoms with van der Waals surface area (Å²) < 4.78 is 0. The van der Waals surface area contributed by atoms with Gasteiger partial charge in [-0.15, -0.1) is 0 Å². The van der Waals surface area contributed by atoms with Gasteiger partial charge in [-0.1, -0.05) is 30.7 Å². The van der Waals surface area contributed by atoms with E-state index in [0.29, 0.717) is 17.4 Å². The van der Waals surface area contributed by atoms with E-state index in [4.69, 9.17) is 16.6 Å². The molecule has 3 heterocycles. The maximum atomic E-state index is 13.5. The molecule has 0 radical (unpaired) electrons. The molecule has 1 aromatic carbocycles. The standard InChI is InChI=1S/C26H37ClN6O/c1-4-31-14-16-32(17-15-31)13-11-24(34)33-12-6-5-10-23(33)25-22(19-28-26(29-25)30(2)3)20-8-7-9-21(27)18-20/h7-9,18-19,23H,4-6,10-17H2,1-3H3/t23-/m0/s1. The third-order valence-corrected chi connectivity index (χ3v) is 7.27. The van der Waals surface area contributed by atoms with Gasteiger partial charge in [0.1, 0.15) is 0 Å². The number of rotatable bonds is 7. The topological polar surface area (TPSA) is 55.8 Å². The number of carbonyl (C=O) groups excluding carboxylic acids is 1. The van der Waals surface area contributed by atoms with E-state index in [2.05, 4.69) is 26.6 Å². The first kappa shape index (κ1) is 24.9. The van der Waals surface area contributed by atoms with Gasteiger partial charge in [0.2, 0.25) is 11.9 Å². The van der Waals surface area contributed by atoms with Gasteiger partial charge >= 0.3 is 0 Å². The molecule has 0 aliphatic carbocycles. The Kier molecular flexibility index (Phi) is 8.40. The van der Waals surface area contributed by atoms with Gasteiger partial charge in [-0.05, 0) is 43.5 Å². The van der Waals surface area contributed by atoms with Crippen molar-refractivity contribution in [1.82, 2.24) is 24.7 Å². The molecule has 1 aromatic heterocycles. The van der Waals surface area contributed by atoms with Crippen LogP contribution in [0.2, 0.25) is 5.02 Å². The molecule has 8 heteroatoms. The highest BCUT2D eigenvalue weighted by molar-refractivity contribution is 6.30. The smallest absolute Gasteiger partial charge is 0.225 e. The number of anilines is 1. The van der Waals surface area contributed by atoms with E-state index in [-0.39, 0.29) is 11.9 Å². The molecule has 34 heavy (non-hydrogen) atoms. The molecule has 2 aliphatic rings. The minimum Gasteiger partial charge on any atom is -0.347 e. The highest BCUT2D eigenvalue weighted by Gasteiger charge is 2.32. The first-order chi connectivity index (χ1) is 16.5. The highest BCUT2D eigenvalue weighted by Crippen LogP contribution is 2.37. The van der Waals surface area contributed by atoms with E-state index in [1.165, 1.54) is 0 Å². The van der Waals surface area contributed by atoms with Gasteiger partial charge in [-0.3, -0.25) is 4.79 Å². The van der Waals surface area contributed by atoms with Gasteiger partial charge in [0.15, 0.2) is 0 Å². The Morgan fingerprint density at radius 1 is 1.12 bits per heavy atom. The van der Waals surface area contributed by atoms with Crippen LogP contribution in [0.15, 0.2) is 30.5 Å². The molecule has 2 fully saturated rings. The number of carbonyl (C=O) groups is 1. The number of aromatic nitrogens is 2. The van der Waals surface area contributed by atoms with Gasteiger partial charge in [0, 0.05) is 76.6 Å². The van der Waals surface area contributed by atoms with Gasteiger partial charge < -0.3 is 19.6 Å². The number of piperidine rings is 1. The first-order valence-electron chi connectivity index (χ1n) is 12.5. The van der Waals surface area contributed by atoms with Gasteiger partial charge in [-0.2, -0.15) is 0 Å². The first-order valence-corrected chi connectivity index (χ1v) is 12.9. The minimum absolute atomic E-state index is 0.0473. The van der Waals surface area contributed by atoms with Crippen LogP contribution in [0.1, 0.15) is 44.3 Å². The monoisotopic (exact) mass is 484 g/mol. The van der Waals surface area contributed by atoms with Crippen LogP contribution in [0.3, 0.4) is 0 Å². The molecule has 7 nitrogen and oxygen atoms in total. The lowest BCUT2D eigenvalue weighted by Crippen LogP contribution is -2.47. The van der Waals surface area contributed by atoms with Crippen molar-refractivity contribution in [2.45, 2.75) is 38.6 Å². The second-order valence-electron chi connectivity index (χ2n) is 9.50. The van der Waals surface area contributed by atoms with Crippen molar-refractivity contribution in [2.75, 3.05) is 64.8 Å². The van der Waals surface area contributed by atoms with Crippen molar-refractivity contribution in [3.05, 3.63) is 41.2 Å². The zero-order valence-electron chi connectivity index (χ0n) is 20.7. The zero-order valence-corrected chi connectivity index (χ0v) is 21.5. The van der Waals surface area contributed by atoms with E-state index in [9.17, 15) is 4.79 Å². The van der Waals surface area contributed by atoms with Gasteiger partial charge in [0.25, 0.3) is 0 Å². The molecule has 1 atom stereocenters. The molecular weight excluding hydrogens is 448 g/mol. The molecule has 0 unspecified atom stereocenters. The SMILES string of the molecule is CCN1CCN(CCC(=O)N2CCCC[C@H]2c2nc(N(C)C)ncc2-c2cccc(Cl)c2)CC1. The number of hydrogen-bond donors (Lipinski definition) is 0. The number of amides is 1. The average molecular weight is 485 g/mol. The molecule has 4 rings (SSSR count). The Morgan fingerprint density at radius 2 is 1.88 bits per heavy atom. The summed E-state index contributed by atoms with van der Waals surface area (Å²) >= 11 is 6.31. The number of hydrogen-bond acceptors (Lipinski definition) is 6. The second kappa shape index (κ2) is 11.5. The molecular formula is C26H37ClN6O. The molecule has 0 spiro atoms.